The molecule has 1 unspecified atom stereocenters. The molecule has 2 rings (SSSR count). The minimum atomic E-state index is -0.772. The zero-order valence-corrected chi connectivity index (χ0v) is 14.8. The summed E-state index contributed by atoms with van der Waals surface area (Å²) in [4.78, 5) is 12.3. The molecule has 4 nitrogen and oxygen atoms in total. The molecule has 0 heterocycles. The molecular formula is C20H22FNO3. The number of aryl methyl sites for hydroxylation is 1. The van der Waals surface area contributed by atoms with Crippen molar-refractivity contribution in [1.82, 2.24) is 0 Å². The Morgan fingerprint density at radius 1 is 1.20 bits per heavy atom. The fourth-order valence-corrected chi connectivity index (χ4v) is 2.24. The minimum Gasteiger partial charge on any atom is -0.493 e. The number of hydrogen-bond donors (Lipinski definition) is 1. The number of benzene rings is 2. The molecule has 0 spiro atoms. The lowest BCUT2D eigenvalue weighted by Crippen LogP contribution is -2.30. The van der Waals surface area contributed by atoms with Gasteiger partial charge in [-0.1, -0.05) is 24.3 Å². The van der Waals surface area contributed by atoms with Crippen molar-refractivity contribution >= 4 is 17.7 Å². The van der Waals surface area contributed by atoms with E-state index in [1.54, 1.807) is 39.2 Å². The molecule has 0 saturated heterocycles. The highest BCUT2D eigenvalue weighted by Crippen LogP contribution is 2.29. The molecule has 5 heteroatoms. The van der Waals surface area contributed by atoms with Crippen LogP contribution in [-0.2, 0) is 4.79 Å². The van der Waals surface area contributed by atoms with Crippen molar-refractivity contribution in [3.8, 4) is 11.5 Å². The van der Waals surface area contributed by atoms with E-state index in [0.717, 1.165) is 5.56 Å². The van der Waals surface area contributed by atoms with E-state index < -0.39 is 6.10 Å². The summed E-state index contributed by atoms with van der Waals surface area (Å²) in [5.41, 5.74) is 1.88. The van der Waals surface area contributed by atoms with E-state index in [-0.39, 0.29) is 11.7 Å². The van der Waals surface area contributed by atoms with Crippen molar-refractivity contribution in [3.05, 3.63) is 59.4 Å². The second kappa shape index (κ2) is 8.33. The van der Waals surface area contributed by atoms with Gasteiger partial charge in [0.15, 0.2) is 17.6 Å². The van der Waals surface area contributed by atoms with Gasteiger partial charge in [0.1, 0.15) is 5.82 Å². The predicted molar refractivity (Wildman–Crippen MR) is 97.6 cm³/mol. The van der Waals surface area contributed by atoms with Gasteiger partial charge in [-0.3, -0.25) is 4.79 Å². The van der Waals surface area contributed by atoms with Gasteiger partial charge in [-0.15, -0.1) is 0 Å². The number of ether oxygens (including phenoxy) is 2. The minimum absolute atomic E-state index is 0.368. The molecule has 0 saturated carbocycles. The molecule has 0 aliphatic rings. The van der Waals surface area contributed by atoms with Crippen LogP contribution in [0.2, 0.25) is 0 Å². The van der Waals surface area contributed by atoms with Crippen LogP contribution in [0.1, 0.15) is 25.0 Å². The van der Waals surface area contributed by atoms with Gasteiger partial charge in [0.25, 0.3) is 5.91 Å². The zero-order chi connectivity index (χ0) is 18.4. The number of rotatable bonds is 6. The fraction of sp³-hybridized carbons (Fsp3) is 0.250. The van der Waals surface area contributed by atoms with E-state index in [1.165, 1.54) is 6.07 Å². The molecule has 1 amide bonds. The van der Waals surface area contributed by atoms with Crippen LogP contribution >= 0.6 is 0 Å². The number of methoxy groups -OCH3 is 1. The highest BCUT2D eigenvalue weighted by molar-refractivity contribution is 5.94. The molecular weight excluding hydrogens is 321 g/mol. The number of hydrogen-bond acceptors (Lipinski definition) is 3. The third-order valence-electron chi connectivity index (χ3n) is 3.66. The number of halogens is 1. The Morgan fingerprint density at radius 3 is 2.60 bits per heavy atom. The third-order valence-corrected chi connectivity index (χ3v) is 3.66. The summed E-state index contributed by atoms with van der Waals surface area (Å²) in [7, 11) is 1.54. The van der Waals surface area contributed by atoms with E-state index in [9.17, 15) is 9.18 Å². The molecule has 2 aromatic rings. The van der Waals surface area contributed by atoms with E-state index in [4.69, 9.17) is 9.47 Å². The molecule has 132 valence electrons. The van der Waals surface area contributed by atoms with Crippen LogP contribution < -0.4 is 14.8 Å². The van der Waals surface area contributed by atoms with Crippen LogP contribution in [0.4, 0.5) is 10.1 Å². The molecule has 0 fully saturated rings. The van der Waals surface area contributed by atoms with Gasteiger partial charge in [0.2, 0.25) is 0 Å². The maximum absolute atomic E-state index is 13.6. The van der Waals surface area contributed by atoms with Crippen molar-refractivity contribution < 1.29 is 18.7 Å². The monoisotopic (exact) mass is 343 g/mol. The van der Waals surface area contributed by atoms with Crippen LogP contribution in [0, 0.1) is 12.7 Å². The molecule has 0 aliphatic heterocycles. The van der Waals surface area contributed by atoms with E-state index >= 15 is 0 Å². The molecule has 1 N–H and O–H groups in total. The van der Waals surface area contributed by atoms with Gasteiger partial charge in [-0.25, -0.2) is 4.39 Å². The number of nitrogens with one attached hydrogen (secondary N) is 1. The topological polar surface area (TPSA) is 47.6 Å². The van der Waals surface area contributed by atoms with Gasteiger partial charge in [-0.05, 0) is 56.2 Å². The smallest absolute Gasteiger partial charge is 0.265 e. The second-order valence-corrected chi connectivity index (χ2v) is 5.62. The Morgan fingerprint density at radius 2 is 1.96 bits per heavy atom. The molecule has 0 aromatic heterocycles. The van der Waals surface area contributed by atoms with E-state index in [2.05, 4.69) is 5.32 Å². The Hall–Kier alpha value is -2.82. The first kappa shape index (κ1) is 18.5. The van der Waals surface area contributed by atoms with Gasteiger partial charge in [0, 0.05) is 5.69 Å². The zero-order valence-electron chi connectivity index (χ0n) is 14.8. The predicted octanol–water partition coefficient (Wildman–Crippen LogP) is 4.58. The number of carbonyl (C=O) groups excluding carboxylic acids is 1. The third kappa shape index (κ3) is 4.83. The Kier molecular flexibility index (Phi) is 6.17. The van der Waals surface area contributed by atoms with Crippen molar-refractivity contribution in [2.75, 3.05) is 12.4 Å². The van der Waals surface area contributed by atoms with Crippen LogP contribution in [0.25, 0.3) is 6.08 Å². The van der Waals surface area contributed by atoms with Crippen LogP contribution in [0.3, 0.4) is 0 Å². The van der Waals surface area contributed by atoms with E-state index in [1.807, 2.05) is 31.2 Å². The highest BCUT2D eigenvalue weighted by Gasteiger charge is 2.17. The molecule has 25 heavy (non-hydrogen) atoms. The summed E-state index contributed by atoms with van der Waals surface area (Å²) in [6.07, 6.45) is 3.09. The van der Waals surface area contributed by atoms with Crippen LogP contribution in [0.15, 0.2) is 42.5 Å². The summed E-state index contributed by atoms with van der Waals surface area (Å²) < 4.78 is 24.6. The van der Waals surface area contributed by atoms with E-state index in [0.29, 0.717) is 22.7 Å². The lowest BCUT2D eigenvalue weighted by atomic mass is 10.2. The Bertz CT molecular complexity index is 787. The lowest BCUT2D eigenvalue weighted by Gasteiger charge is -2.17. The number of amides is 1. The molecule has 0 radical (unpaired) electrons. The summed E-state index contributed by atoms with van der Waals surface area (Å²) in [6.45, 7) is 5.22. The van der Waals surface area contributed by atoms with Gasteiger partial charge < -0.3 is 14.8 Å². The van der Waals surface area contributed by atoms with Crippen molar-refractivity contribution in [3.63, 3.8) is 0 Å². The SMILES string of the molecule is C/C=C/c1ccc(OC(C)C(=O)Nc2ccc(C)c(F)c2)c(OC)c1. The molecule has 0 aliphatic carbocycles. The summed E-state index contributed by atoms with van der Waals surface area (Å²) in [5.74, 6) is 0.264. The molecule has 0 bridgehead atoms. The number of carbonyl (C=O) groups is 1. The maximum Gasteiger partial charge on any atom is 0.265 e. The summed E-state index contributed by atoms with van der Waals surface area (Å²) in [5, 5.41) is 2.64. The van der Waals surface area contributed by atoms with Gasteiger partial charge >= 0.3 is 0 Å². The average Bonchev–Trinajstić information content (AvgIpc) is 2.59. The summed E-state index contributed by atoms with van der Waals surface area (Å²) >= 11 is 0. The molecule has 2 aromatic carbocycles. The maximum atomic E-state index is 13.6. The first-order chi connectivity index (χ1) is 11.9. The molecule has 1 atom stereocenters. The average molecular weight is 343 g/mol. The Labute approximate surface area is 147 Å². The quantitative estimate of drug-likeness (QED) is 0.835. The standard InChI is InChI=1S/C20H22FNO3/c1-5-6-15-8-10-18(19(11-15)24-4)25-14(3)20(23)22-16-9-7-13(2)17(21)12-16/h5-12,14H,1-4H3,(H,22,23)/b6-5+. The first-order valence-electron chi connectivity index (χ1n) is 7.99. The normalized spacial score (nSPS) is 12.0. The van der Waals surface area contributed by atoms with Crippen LogP contribution in [-0.4, -0.2) is 19.1 Å². The largest absolute Gasteiger partial charge is 0.493 e. The second-order valence-electron chi connectivity index (χ2n) is 5.62. The first-order valence-corrected chi connectivity index (χ1v) is 7.99. The fourth-order valence-electron chi connectivity index (χ4n) is 2.24. The van der Waals surface area contributed by atoms with Crippen molar-refractivity contribution in [2.24, 2.45) is 0 Å². The van der Waals surface area contributed by atoms with Crippen molar-refractivity contribution in [2.45, 2.75) is 26.9 Å². The van der Waals surface area contributed by atoms with Gasteiger partial charge in [0.05, 0.1) is 7.11 Å². The lowest BCUT2D eigenvalue weighted by molar-refractivity contribution is -0.122. The van der Waals surface area contributed by atoms with Crippen LogP contribution in [0.5, 0.6) is 11.5 Å². The number of allylic oxidation sites excluding steroid dienone is 1. The Balaban J connectivity index is 2.08. The summed E-state index contributed by atoms with van der Waals surface area (Å²) in [6, 6.07) is 10.00. The highest BCUT2D eigenvalue weighted by atomic mass is 19.1. The number of anilines is 1. The van der Waals surface area contributed by atoms with Crippen molar-refractivity contribution in [1.29, 1.82) is 0 Å². The van der Waals surface area contributed by atoms with Gasteiger partial charge in [-0.2, -0.15) is 0 Å².